The predicted molar refractivity (Wildman–Crippen MR) is 154 cm³/mol. The molecule has 2 atom stereocenters. The van der Waals surface area contributed by atoms with Crippen molar-refractivity contribution in [3.63, 3.8) is 0 Å². The first kappa shape index (κ1) is 32.6. The maximum absolute atomic E-state index is 13.5. The summed E-state index contributed by atoms with van der Waals surface area (Å²) in [7, 11) is 2.53. The van der Waals surface area contributed by atoms with E-state index in [0.717, 1.165) is 5.56 Å². The zero-order valence-corrected chi connectivity index (χ0v) is 24.0. The quantitative estimate of drug-likeness (QED) is 0.334. The average Bonchev–Trinajstić information content (AvgIpc) is 2.98. The summed E-state index contributed by atoms with van der Waals surface area (Å²) in [6, 6.07) is 17.5. The number of hydrogen-bond donors (Lipinski definition) is 2. The van der Waals surface area contributed by atoms with Gasteiger partial charge in [0.25, 0.3) is 0 Å². The second-order valence-corrected chi connectivity index (χ2v) is 9.65. The number of carbonyl (C=O) groups excluding carboxylic acids is 4. The maximum Gasteiger partial charge on any atom is 0.328 e. The van der Waals surface area contributed by atoms with Gasteiger partial charge >= 0.3 is 24.0 Å². The van der Waals surface area contributed by atoms with Crippen LogP contribution in [-0.2, 0) is 25.5 Å². The molecule has 2 aromatic carbocycles. The first-order chi connectivity index (χ1) is 19.7. The van der Waals surface area contributed by atoms with Gasteiger partial charge in [0, 0.05) is 31.7 Å². The highest BCUT2D eigenvalue weighted by atomic mass is 16.5. The van der Waals surface area contributed by atoms with Crippen LogP contribution in [0, 0.1) is 17.2 Å². The summed E-state index contributed by atoms with van der Waals surface area (Å²) in [5.41, 5.74) is 1.46. The van der Waals surface area contributed by atoms with E-state index in [4.69, 9.17) is 14.7 Å². The molecular formula is C30H39N5O6. The molecule has 0 fully saturated rings. The molecule has 0 bridgehead atoms. The van der Waals surface area contributed by atoms with E-state index >= 15 is 0 Å². The van der Waals surface area contributed by atoms with Gasteiger partial charge in [-0.15, -0.1) is 0 Å². The zero-order chi connectivity index (χ0) is 30.2. The fraction of sp³-hybridized carbons (Fsp3) is 0.433. The lowest BCUT2D eigenvalue weighted by molar-refractivity contribution is -0.144. The lowest BCUT2D eigenvalue weighted by Crippen LogP contribution is -2.52. The second kappa shape index (κ2) is 17.2. The minimum Gasteiger partial charge on any atom is -0.467 e. The van der Waals surface area contributed by atoms with Crippen molar-refractivity contribution < 1.29 is 28.7 Å². The van der Waals surface area contributed by atoms with Crippen LogP contribution >= 0.6 is 0 Å². The van der Waals surface area contributed by atoms with Gasteiger partial charge in [0.15, 0.2) is 0 Å². The Labute approximate surface area is 241 Å². The van der Waals surface area contributed by atoms with Gasteiger partial charge in [0.1, 0.15) is 12.1 Å². The Hall–Kier alpha value is -4.59. The Kier molecular flexibility index (Phi) is 13.7. The molecule has 0 saturated heterocycles. The van der Waals surface area contributed by atoms with E-state index in [1.54, 1.807) is 38.1 Å². The Morgan fingerprint density at radius 1 is 0.829 bits per heavy atom. The highest BCUT2D eigenvalue weighted by Gasteiger charge is 2.28. The lowest BCUT2D eigenvalue weighted by Gasteiger charge is -2.29. The van der Waals surface area contributed by atoms with E-state index < -0.39 is 36.1 Å². The third-order valence-corrected chi connectivity index (χ3v) is 6.37. The molecule has 0 heterocycles. The van der Waals surface area contributed by atoms with Crippen molar-refractivity contribution in [2.24, 2.45) is 5.92 Å². The molecule has 0 aliphatic carbocycles. The Bertz CT molecular complexity index is 1170. The first-order valence-electron chi connectivity index (χ1n) is 13.5. The number of rotatable bonds is 14. The largest absolute Gasteiger partial charge is 0.467 e. The van der Waals surface area contributed by atoms with Crippen molar-refractivity contribution in [1.82, 2.24) is 15.5 Å². The molecule has 4 amide bonds. The number of nitriles is 1. The number of carbonyl (C=O) groups is 4. The number of hydrogen-bond acceptors (Lipinski definition) is 7. The number of nitrogens with zero attached hydrogens (tertiary/aromatic N) is 3. The molecule has 2 rings (SSSR count). The molecule has 0 radical (unpaired) electrons. The molecule has 220 valence electrons. The number of amides is 4. The maximum atomic E-state index is 13.5. The number of benzene rings is 2. The van der Waals surface area contributed by atoms with Gasteiger partial charge in [0.2, 0.25) is 0 Å². The molecule has 0 aliphatic rings. The van der Waals surface area contributed by atoms with E-state index in [2.05, 4.69) is 10.6 Å². The van der Waals surface area contributed by atoms with Gasteiger partial charge < -0.3 is 25.0 Å². The minimum atomic E-state index is -0.912. The molecule has 0 spiro atoms. The monoisotopic (exact) mass is 565 g/mol. The molecule has 2 aromatic rings. The van der Waals surface area contributed by atoms with Gasteiger partial charge in [-0.3, -0.25) is 4.90 Å². The Balaban J connectivity index is 2.17. The zero-order valence-electron chi connectivity index (χ0n) is 24.0. The van der Waals surface area contributed by atoms with Crippen LogP contribution in [0.3, 0.4) is 0 Å². The van der Waals surface area contributed by atoms with Crippen LogP contribution in [0.1, 0.15) is 32.3 Å². The summed E-state index contributed by atoms with van der Waals surface area (Å²) >= 11 is 0. The van der Waals surface area contributed by atoms with Crippen LogP contribution in [0.5, 0.6) is 0 Å². The van der Waals surface area contributed by atoms with E-state index in [0.29, 0.717) is 12.1 Å². The number of anilines is 1. The van der Waals surface area contributed by atoms with Crippen LogP contribution in [-0.4, -0.2) is 74.8 Å². The van der Waals surface area contributed by atoms with Crippen LogP contribution in [0.25, 0.3) is 0 Å². The molecule has 0 saturated carbocycles. The molecule has 0 unspecified atom stereocenters. The highest BCUT2D eigenvalue weighted by molar-refractivity contribution is 5.94. The van der Waals surface area contributed by atoms with Gasteiger partial charge in [-0.25, -0.2) is 19.2 Å². The smallest absolute Gasteiger partial charge is 0.328 e. The van der Waals surface area contributed by atoms with Gasteiger partial charge in [-0.2, -0.15) is 5.26 Å². The Morgan fingerprint density at radius 3 is 2.00 bits per heavy atom. The lowest BCUT2D eigenvalue weighted by atomic mass is 10.1. The fourth-order valence-electron chi connectivity index (χ4n) is 4.14. The summed E-state index contributed by atoms with van der Waals surface area (Å²) in [4.78, 5) is 54.1. The van der Waals surface area contributed by atoms with Crippen molar-refractivity contribution in [3.8, 4) is 6.07 Å². The molecule has 11 nitrogen and oxygen atoms in total. The van der Waals surface area contributed by atoms with Gasteiger partial charge in [-0.05, 0) is 30.0 Å². The number of nitrogens with one attached hydrogen (secondary N) is 2. The normalized spacial score (nSPS) is 11.9. The standard InChI is InChI=1S/C30H39N5O6/c1-22(2)26(28(37)41-4)33-29(38)34(18-11-17-31)19-12-20-35(24-15-9-6-10-16-24)30(39)32-25(27(36)40-3)21-23-13-7-5-8-14-23/h5-10,13-16,22,25-26H,11-12,18-21H2,1-4H3,(H,32,39)(H,33,38)/t25-,26-/m0/s1. The Morgan fingerprint density at radius 2 is 1.44 bits per heavy atom. The number of ether oxygens (including phenoxy) is 2. The van der Waals surface area contributed by atoms with E-state index in [1.807, 2.05) is 42.5 Å². The summed E-state index contributed by atoms with van der Waals surface area (Å²) < 4.78 is 9.75. The minimum absolute atomic E-state index is 0.0984. The van der Waals surface area contributed by atoms with E-state index in [-0.39, 0.29) is 38.4 Å². The summed E-state index contributed by atoms with van der Waals surface area (Å²) in [5.74, 6) is -1.34. The van der Waals surface area contributed by atoms with E-state index in [1.165, 1.54) is 24.0 Å². The predicted octanol–water partition coefficient (Wildman–Crippen LogP) is 3.50. The van der Waals surface area contributed by atoms with Gasteiger partial charge in [0.05, 0.1) is 26.7 Å². The molecule has 11 heteroatoms. The van der Waals surface area contributed by atoms with Crippen molar-refractivity contribution in [1.29, 1.82) is 5.26 Å². The van der Waals surface area contributed by atoms with Crippen molar-refractivity contribution in [3.05, 3.63) is 66.2 Å². The van der Waals surface area contributed by atoms with Crippen molar-refractivity contribution in [2.75, 3.05) is 38.8 Å². The average molecular weight is 566 g/mol. The first-order valence-corrected chi connectivity index (χ1v) is 13.5. The fourth-order valence-corrected chi connectivity index (χ4v) is 4.14. The number of methoxy groups -OCH3 is 2. The molecule has 0 aromatic heterocycles. The van der Waals surface area contributed by atoms with Crippen LogP contribution in [0.15, 0.2) is 60.7 Å². The summed E-state index contributed by atoms with van der Waals surface area (Å²) in [6.07, 6.45) is 0.704. The van der Waals surface area contributed by atoms with Crippen LogP contribution in [0.2, 0.25) is 0 Å². The second-order valence-electron chi connectivity index (χ2n) is 9.65. The molecular weight excluding hydrogens is 526 g/mol. The molecule has 0 aliphatic heterocycles. The topological polar surface area (TPSA) is 141 Å². The van der Waals surface area contributed by atoms with Gasteiger partial charge in [-0.1, -0.05) is 62.4 Å². The van der Waals surface area contributed by atoms with E-state index in [9.17, 15) is 19.2 Å². The summed E-state index contributed by atoms with van der Waals surface area (Å²) in [6.45, 7) is 4.14. The number of esters is 2. The highest BCUT2D eigenvalue weighted by Crippen LogP contribution is 2.16. The third kappa shape index (κ3) is 10.5. The van der Waals surface area contributed by atoms with Crippen molar-refractivity contribution >= 4 is 29.7 Å². The molecule has 41 heavy (non-hydrogen) atoms. The number of para-hydroxylation sites is 1. The SMILES string of the molecule is COC(=O)[C@H](Cc1ccccc1)NC(=O)N(CCCN(CCC#N)C(=O)N[C@H](C(=O)OC)C(C)C)c1ccccc1. The van der Waals surface area contributed by atoms with Crippen LogP contribution in [0.4, 0.5) is 15.3 Å². The molecule has 2 N–H and O–H groups in total. The van der Waals surface area contributed by atoms with Crippen LogP contribution < -0.4 is 15.5 Å². The van der Waals surface area contributed by atoms with Crippen molar-refractivity contribution in [2.45, 2.75) is 45.2 Å². The third-order valence-electron chi connectivity index (χ3n) is 6.37. The number of urea groups is 2. The summed E-state index contributed by atoms with van der Waals surface area (Å²) in [5, 5.41) is 14.6.